The lowest BCUT2D eigenvalue weighted by atomic mass is 10.1. The number of hydrogen-bond acceptors (Lipinski definition) is 3. The third-order valence-corrected chi connectivity index (χ3v) is 4.70. The van der Waals surface area contributed by atoms with Crippen LogP contribution < -0.4 is 5.32 Å². The Balaban J connectivity index is 1.89. The van der Waals surface area contributed by atoms with Gasteiger partial charge in [-0.25, -0.2) is 4.98 Å². The number of hydrogen-bond donors (Lipinski definition) is 1. The van der Waals surface area contributed by atoms with Crippen molar-refractivity contribution in [3.05, 3.63) is 17.2 Å². The van der Waals surface area contributed by atoms with Crippen LogP contribution in [0.1, 0.15) is 72.3 Å². The minimum absolute atomic E-state index is 0.00453. The molecule has 6 nitrogen and oxygen atoms in total. The molecule has 0 spiro atoms. The van der Waals surface area contributed by atoms with E-state index in [4.69, 9.17) is 0 Å². The molecule has 2 amide bonds. The lowest BCUT2D eigenvalue weighted by Gasteiger charge is -2.26. The number of nitrogens with one attached hydrogen (secondary N) is 1. The van der Waals surface area contributed by atoms with E-state index in [1.54, 1.807) is 0 Å². The van der Waals surface area contributed by atoms with Gasteiger partial charge in [-0.2, -0.15) is 0 Å². The number of carbonyl (C=O) groups is 2. The first-order valence-corrected chi connectivity index (χ1v) is 8.89. The van der Waals surface area contributed by atoms with Crippen LogP contribution in [-0.2, 0) is 13.0 Å². The van der Waals surface area contributed by atoms with Crippen LogP contribution in [0.15, 0.2) is 0 Å². The number of rotatable bonds is 4. The predicted octanol–water partition coefficient (Wildman–Crippen LogP) is 1.99. The highest BCUT2D eigenvalue weighted by atomic mass is 16.2. The smallest absolute Gasteiger partial charge is 0.287 e. The zero-order chi connectivity index (χ0) is 16.2. The van der Waals surface area contributed by atoms with Crippen LogP contribution in [-0.4, -0.2) is 45.9 Å². The second-order valence-electron chi connectivity index (χ2n) is 6.45. The van der Waals surface area contributed by atoms with Crippen molar-refractivity contribution < 1.29 is 9.59 Å². The SMILES string of the molecule is CCCNC(=O)c1nc(C(=O)N2CCCCC2)c2n1CCCC2. The van der Waals surface area contributed by atoms with Crippen LogP contribution in [0.4, 0.5) is 0 Å². The summed E-state index contributed by atoms with van der Waals surface area (Å²) in [5.41, 5.74) is 1.46. The number of amides is 2. The van der Waals surface area contributed by atoms with E-state index in [-0.39, 0.29) is 11.8 Å². The summed E-state index contributed by atoms with van der Waals surface area (Å²) in [7, 11) is 0. The molecule has 1 saturated heterocycles. The minimum atomic E-state index is -0.160. The van der Waals surface area contributed by atoms with E-state index in [1.165, 1.54) is 6.42 Å². The second-order valence-corrected chi connectivity index (χ2v) is 6.45. The van der Waals surface area contributed by atoms with Crippen molar-refractivity contribution in [2.45, 2.75) is 58.4 Å². The maximum atomic E-state index is 12.8. The number of aromatic nitrogens is 2. The molecule has 1 aromatic rings. The zero-order valence-corrected chi connectivity index (χ0v) is 13.9. The molecule has 2 aliphatic heterocycles. The molecule has 3 heterocycles. The summed E-state index contributed by atoms with van der Waals surface area (Å²) in [4.78, 5) is 31.6. The number of piperidine rings is 1. The van der Waals surface area contributed by atoms with Crippen LogP contribution in [0.3, 0.4) is 0 Å². The van der Waals surface area contributed by atoms with E-state index in [9.17, 15) is 9.59 Å². The molecule has 6 heteroatoms. The van der Waals surface area contributed by atoms with Gasteiger partial charge in [-0.15, -0.1) is 0 Å². The van der Waals surface area contributed by atoms with E-state index >= 15 is 0 Å². The molecule has 1 N–H and O–H groups in total. The standard InChI is InChI=1S/C17H26N4O2/c1-2-9-18-16(22)15-19-14(13-8-4-7-12-21(13)15)17(23)20-10-5-3-6-11-20/h2-12H2,1H3,(H,18,22). The van der Waals surface area contributed by atoms with Gasteiger partial charge >= 0.3 is 0 Å². The van der Waals surface area contributed by atoms with Crippen LogP contribution in [0, 0.1) is 0 Å². The Bertz CT molecular complexity index is 588. The summed E-state index contributed by atoms with van der Waals surface area (Å²) in [6, 6.07) is 0. The molecule has 0 bridgehead atoms. The zero-order valence-electron chi connectivity index (χ0n) is 13.9. The van der Waals surface area contributed by atoms with Gasteiger partial charge in [0.2, 0.25) is 0 Å². The molecule has 0 aromatic carbocycles. The molecule has 126 valence electrons. The van der Waals surface area contributed by atoms with E-state index < -0.39 is 0 Å². The molecule has 1 aromatic heterocycles. The third kappa shape index (κ3) is 3.26. The van der Waals surface area contributed by atoms with Crippen LogP contribution >= 0.6 is 0 Å². The molecular formula is C17H26N4O2. The van der Waals surface area contributed by atoms with E-state index in [0.717, 1.165) is 63.9 Å². The summed E-state index contributed by atoms with van der Waals surface area (Å²) in [5, 5.41) is 2.88. The first-order chi connectivity index (χ1) is 11.2. The molecule has 0 atom stereocenters. The minimum Gasteiger partial charge on any atom is -0.349 e. The van der Waals surface area contributed by atoms with Crippen molar-refractivity contribution in [2.75, 3.05) is 19.6 Å². The maximum Gasteiger partial charge on any atom is 0.287 e. The fourth-order valence-electron chi connectivity index (χ4n) is 3.45. The van der Waals surface area contributed by atoms with Gasteiger partial charge in [0.25, 0.3) is 11.8 Å². The van der Waals surface area contributed by atoms with Crippen molar-refractivity contribution in [3.8, 4) is 0 Å². The van der Waals surface area contributed by atoms with E-state index in [1.807, 2.05) is 16.4 Å². The van der Waals surface area contributed by atoms with Crippen molar-refractivity contribution in [1.82, 2.24) is 19.8 Å². The predicted molar refractivity (Wildman–Crippen MR) is 87.5 cm³/mol. The Morgan fingerprint density at radius 2 is 1.83 bits per heavy atom. The summed E-state index contributed by atoms with van der Waals surface area (Å²) < 4.78 is 1.96. The van der Waals surface area contributed by atoms with Crippen LogP contribution in [0.5, 0.6) is 0 Å². The molecule has 0 radical (unpaired) electrons. The normalized spacial score (nSPS) is 17.7. The Morgan fingerprint density at radius 1 is 1.09 bits per heavy atom. The largest absolute Gasteiger partial charge is 0.349 e. The van der Waals surface area contributed by atoms with Crippen molar-refractivity contribution in [1.29, 1.82) is 0 Å². The van der Waals surface area contributed by atoms with Gasteiger partial charge in [-0.05, 0) is 44.9 Å². The number of imidazole rings is 1. The molecule has 23 heavy (non-hydrogen) atoms. The summed E-state index contributed by atoms with van der Waals surface area (Å²) in [6.45, 7) is 5.05. The van der Waals surface area contributed by atoms with E-state index in [2.05, 4.69) is 10.3 Å². The van der Waals surface area contributed by atoms with Gasteiger partial charge in [0, 0.05) is 26.2 Å². The number of likely N-dealkylation sites (tertiary alicyclic amines) is 1. The van der Waals surface area contributed by atoms with Crippen molar-refractivity contribution >= 4 is 11.8 Å². The Morgan fingerprint density at radius 3 is 2.57 bits per heavy atom. The average molecular weight is 318 g/mol. The molecule has 0 unspecified atom stereocenters. The molecular weight excluding hydrogens is 292 g/mol. The van der Waals surface area contributed by atoms with Gasteiger partial charge < -0.3 is 14.8 Å². The highest BCUT2D eigenvalue weighted by Gasteiger charge is 2.30. The van der Waals surface area contributed by atoms with Crippen LogP contribution in [0.2, 0.25) is 0 Å². The highest BCUT2D eigenvalue weighted by molar-refractivity contribution is 5.97. The van der Waals surface area contributed by atoms with Gasteiger partial charge in [0.05, 0.1) is 5.69 Å². The summed E-state index contributed by atoms with van der Waals surface area (Å²) in [5.74, 6) is 0.256. The topological polar surface area (TPSA) is 67.2 Å². The molecule has 3 rings (SSSR count). The van der Waals surface area contributed by atoms with Gasteiger partial charge in [0.15, 0.2) is 5.82 Å². The number of carbonyl (C=O) groups excluding carboxylic acids is 2. The number of fused-ring (bicyclic) bond motifs is 1. The molecule has 0 saturated carbocycles. The monoisotopic (exact) mass is 318 g/mol. The van der Waals surface area contributed by atoms with E-state index in [0.29, 0.717) is 18.1 Å². The van der Waals surface area contributed by atoms with Gasteiger partial charge in [-0.1, -0.05) is 6.92 Å². The number of nitrogens with zero attached hydrogens (tertiary/aromatic N) is 3. The molecule has 0 aliphatic carbocycles. The quantitative estimate of drug-likeness (QED) is 0.923. The average Bonchev–Trinajstić information content (AvgIpc) is 2.99. The fourth-order valence-corrected chi connectivity index (χ4v) is 3.45. The molecule has 1 fully saturated rings. The van der Waals surface area contributed by atoms with Gasteiger partial charge in [0.1, 0.15) is 5.69 Å². The van der Waals surface area contributed by atoms with Crippen molar-refractivity contribution in [3.63, 3.8) is 0 Å². The summed E-state index contributed by atoms with van der Waals surface area (Å²) >= 11 is 0. The third-order valence-electron chi connectivity index (χ3n) is 4.70. The highest BCUT2D eigenvalue weighted by Crippen LogP contribution is 2.23. The lowest BCUT2D eigenvalue weighted by molar-refractivity contribution is 0.0717. The Labute approximate surface area is 137 Å². The van der Waals surface area contributed by atoms with Crippen molar-refractivity contribution in [2.24, 2.45) is 0 Å². The first-order valence-electron chi connectivity index (χ1n) is 8.89. The van der Waals surface area contributed by atoms with Crippen LogP contribution in [0.25, 0.3) is 0 Å². The lowest BCUT2D eigenvalue weighted by Crippen LogP contribution is -2.36. The van der Waals surface area contributed by atoms with Gasteiger partial charge in [-0.3, -0.25) is 9.59 Å². The Hall–Kier alpha value is -1.85. The second kappa shape index (κ2) is 7.15. The first kappa shape index (κ1) is 16.0. The molecule has 2 aliphatic rings. The maximum absolute atomic E-state index is 12.8. The Kier molecular flexibility index (Phi) is 4.98. The fraction of sp³-hybridized carbons (Fsp3) is 0.706. The summed E-state index contributed by atoms with van der Waals surface area (Å²) in [6.07, 6.45) is 7.13.